The highest BCUT2D eigenvalue weighted by Gasteiger charge is 2.17. The van der Waals surface area contributed by atoms with Gasteiger partial charge in [0.2, 0.25) is 10.0 Å². The number of nitrogens with one attached hydrogen (secondary N) is 2. The summed E-state index contributed by atoms with van der Waals surface area (Å²) in [6, 6.07) is 10.7. The van der Waals surface area contributed by atoms with Crippen LogP contribution in [0.1, 0.15) is 18.9 Å². The van der Waals surface area contributed by atoms with Gasteiger partial charge in [-0.1, -0.05) is 19.1 Å². The fourth-order valence-electron chi connectivity index (χ4n) is 1.86. The first kappa shape index (κ1) is 15.5. The van der Waals surface area contributed by atoms with Gasteiger partial charge < -0.3 is 5.32 Å². The zero-order valence-corrected chi connectivity index (χ0v) is 12.7. The molecule has 0 atom stereocenters. The number of hydrogen-bond donors (Lipinski definition) is 2. The van der Waals surface area contributed by atoms with Crippen molar-refractivity contribution in [2.75, 3.05) is 11.9 Å². The van der Waals surface area contributed by atoms with Gasteiger partial charge in [-0.15, -0.1) is 0 Å². The van der Waals surface area contributed by atoms with E-state index in [1.165, 1.54) is 0 Å². The van der Waals surface area contributed by atoms with Gasteiger partial charge in [0.05, 0.1) is 5.69 Å². The summed E-state index contributed by atoms with van der Waals surface area (Å²) >= 11 is 0. The van der Waals surface area contributed by atoms with E-state index in [0.717, 1.165) is 12.0 Å². The average Bonchev–Trinajstić information content (AvgIpc) is 2.52. The summed E-state index contributed by atoms with van der Waals surface area (Å²) in [6.07, 6.45) is 4.18. The summed E-state index contributed by atoms with van der Waals surface area (Å²) in [6.45, 7) is 2.90. The molecule has 1 aromatic carbocycles. The van der Waals surface area contributed by atoms with Crippen LogP contribution in [0.5, 0.6) is 0 Å². The molecule has 2 rings (SSSR count). The lowest BCUT2D eigenvalue weighted by Crippen LogP contribution is -2.25. The van der Waals surface area contributed by atoms with Gasteiger partial charge in [-0.2, -0.15) is 0 Å². The molecule has 0 radical (unpaired) electrons. The minimum atomic E-state index is -3.48. The third-order valence-electron chi connectivity index (χ3n) is 2.95. The van der Waals surface area contributed by atoms with Gasteiger partial charge in [0.1, 0.15) is 4.90 Å². The zero-order chi connectivity index (χ0) is 15.1. The molecule has 0 saturated heterocycles. The first-order valence-electron chi connectivity index (χ1n) is 6.85. The van der Waals surface area contributed by atoms with Gasteiger partial charge in [-0.25, -0.2) is 13.1 Å². The van der Waals surface area contributed by atoms with Gasteiger partial charge in [-0.3, -0.25) is 4.98 Å². The Morgan fingerprint density at radius 1 is 1.10 bits per heavy atom. The molecule has 0 saturated carbocycles. The van der Waals surface area contributed by atoms with Crippen LogP contribution in [0, 0.1) is 0 Å². The van der Waals surface area contributed by atoms with Crippen molar-refractivity contribution in [1.29, 1.82) is 0 Å². The van der Waals surface area contributed by atoms with E-state index in [0.29, 0.717) is 18.8 Å². The molecule has 21 heavy (non-hydrogen) atoms. The fraction of sp³-hybridized carbons (Fsp3) is 0.267. The zero-order valence-electron chi connectivity index (χ0n) is 11.9. The molecular formula is C15H19N3O2S. The van der Waals surface area contributed by atoms with Gasteiger partial charge in [0, 0.05) is 25.5 Å². The molecule has 5 nitrogen and oxygen atoms in total. The van der Waals surface area contributed by atoms with Crippen LogP contribution in [0.3, 0.4) is 0 Å². The van der Waals surface area contributed by atoms with Crippen LogP contribution in [-0.4, -0.2) is 19.9 Å². The van der Waals surface area contributed by atoms with Crippen LogP contribution in [-0.2, 0) is 16.6 Å². The lowest BCUT2D eigenvalue weighted by atomic mass is 10.2. The molecule has 6 heteroatoms. The van der Waals surface area contributed by atoms with E-state index in [9.17, 15) is 8.42 Å². The molecule has 112 valence electrons. The standard InChI is InChI=1S/C15H19N3O2S/c1-2-9-18-21(19,20)15-6-4-3-5-14(15)17-12-13-7-10-16-11-8-13/h3-8,10-11,17-18H,2,9,12H2,1H3. The Kier molecular flexibility index (Phi) is 5.30. The smallest absolute Gasteiger partial charge is 0.242 e. The normalized spacial score (nSPS) is 11.3. The predicted octanol–water partition coefficient (Wildman–Crippen LogP) is 2.38. The Balaban J connectivity index is 2.17. The summed E-state index contributed by atoms with van der Waals surface area (Å²) in [4.78, 5) is 4.23. The second kappa shape index (κ2) is 7.19. The maximum Gasteiger partial charge on any atom is 0.242 e. The average molecular weight is 305 g/mol. The quantitative estimate of drug-likeness (QED) is 0.824. The molecular weight excluding hydrogens is 286 g/mol. The summed E-state index contributed by atoms with van der Waals surface area (Å²) in [5.41, 5.74) is 1.64. The van der Waals surface area contributed by atoms with Crippen LogP contribution in [0.4, 0.5) is 5.69 Å². The summed E-state index contributed by atoms with van der Waals surface area (Å²) < 4.78 is 27.1. The molecule has 1 aromatic heterocycles. The molecule has 0 spiro atoms. The number of pyridine rings is 1. The maximum atomic E-state index is 12.3. The number of benzene rings is 1. The Morgan fingerprint density at radius 3 is 2.52 bits per heavy atom. The number of nitrogens with zero attached hydrogens (tertiary/aromatic N) is 1. The topological polar surface area (TPSA) is 71.1 Å². The molecule has 0 aliphatic carbocycles. The van der Waals surface area contributed by atoms with Crippen molar-refractivity contribution in [3.8, 4) is 0 Å². The highest BCUT2D eigenvalue weighted by atomic mass is 32.2. The molecule has 0 unspecified atom stereocenters. The van der Waals surface area contributed by atoms with Crippen molar-refractivity contribution in [1.82, 2.24) is 9.71 Å². The van der Waals surface area contributed by atoms with Crippen molar-refractivity contribution in [2.24, 2.45) is 0 Å². The Hall–Kier alpha value is -1.92. The molecule has 0 aliphatic heterocycles. The molecule has 2 N–H and O–H groups in total. The monoisotopic (exact) mass is 305 g/mol. The first-order valence-corrected chi connectivity index (χ1v) is 8.33. The lowest BCUT2D eigenvalue weighted by Gasteiger charge is -2.13. The van der Waals surface area contributed by atoms with E-state index in [1.54, 1.807) is 30.6 Å². The second-order valence-electron chi connectivity index (χ2n) is 4.60. The Morgan fingerprint density at radius 2 is 1.81 bits per heavy atom. The number of sulfonamides is 1. The molecule has 2 aromatic rings. The summed E-state index contributed by atoms with van der Waals surface area (Å²) in [7, 11) is -3.48. The number of para-hydroxylation sites is 1. The van der Waals surface area contributed by atoms with Crippen molar-refractivity contribution in [3.05, 3.63) is 54.4 Å². The highest BCUT2D eigenvalue weighted by molar-refractivity contribution is 7.89. The van der Waals surface area contributed by atoms with E-state index < -0.39 is 10.0 Å². The minimum absolute atomic E-state index is 0.271. The van der Waals surface area contributed by atoms with E-state index in [4.69, 9.17) is 0 Å². The van der Waals surface area contributed by atoms with Gasteiger partial charge in [0.25, 0.3) is 0 Å². The van der Waals surface area contributed by atoms with Crippen molar-refractivity contribution < 1.29 is 8.42 Å². The number of aromatic nitrogens is 1. The van der Waals surface area contributed by atoms with Gasteiger partial charge >= 0.3 is 0 Å². The van der Waals surface area contributed by atoms with Crippen LogP contribution in [0.2, 0.25) is 0 Å². The third-order valence-corrected chi connectivity index (χ3v) is 4.47. The van der Waals surface area contributed by atoms with Gasteiger partial charge in [0.15, 0.2) is 0 Å². The number of hydrogen-bond acceptors (Lipinski definition) is 4. The van der Waals surface area contributed by atoms with E-state index >= 15 is 0 Å². The lowest BCUT2D eigenvalue weighted by molar-refractivity contribution is 0.581. The van der Waals surface area contributed by atoms with Crippen LogP contribution in [0.15, 0.2) is 53.7 Å². The number of anilines is 1. The van der Waals surface area contributed by atoms with Crippen molar-refractivity contribution in [3.63, 3.8) is 0 Å². The third kappa shape index (κ3) is 4.27. The maximum absolute atomic E-state index is 12.3. The molecule has 0 amide bonds. The van der Waals surface area contributed by atoms with Crippen LogP contribution >= 0.6 is 0 Å². The largest absolute Gasteiger partial charge is 0.380 e. The highest BCUT2D eigenvalue weighted by Crippen LogP contribution is 2.21. The predicted molar refractivity (Wildman–Crippen MR) is 83.5 cm³/mol. The van der Waals surface area contributed by atoms with E-state index in [2.05, 4.69) is 15.0 Å². The van der Waals surface area contributed by atoms with Gasteiger partial charge in [-0.05, 0) is 36.2 Å². The van der Waals surface area contributed by atoms with E-state index in [1.807, 2.05) is 25.1 Å². The molecule has 0 bridgehead atoms. The summed E-state index contributed by atoms with van der Waals surface area (Å²) in [5.74, 6) is 0. The molecule has 1 heterocycles. The summed E-state index contributed by atoms with van der Waals surface area (Å²) in [5, 5.41) is 3.17. The van der Waals surface area contributed by atoms with E-state index in [-0.39, 0.29) is 4.90 Å². The minimum Gasteiger partial charge on any atom is -0.380 e. The fourth-order valence-corrected chi connectivity index (χ4v) is 3.17. The molecule has 0 aliphatic rings. The second-order valence-corrected chi connectivity index (χ2v) is 6.34. The Bertz CT molecular complexity index is 672. The number of rotatable bonds is 7. The van der Waals surface area contributed by atoms with Crippen molar-refractivity contribution in [2.45, 2.75) is 24.8 Å². The Labute approximate surface area is 125 Å². The molecule has 0 fully saturated rings. The SMILES string of the molecule is CCCNS(=O)(=O)c1ccccc1NCc1ccncc1. The van der Waals surface area contributed by atoms with Crippen molar-refractivity contribution >= 4 is 15.7 Å². The first-order chi connectivity index (χ1) is 10.1. The van der Waals surface area contributed by atoms with Crippen LogP contribution in [0.25, 0.3) is 0 Å². The van der Waals surface area contributed by atoms with Crippen LogP contribution < -0.4 is 10.0 Å².